The zero-order valence-electron chi connectivity index (χ0n) is 9.44. The molecule has 18 heavy (non-hydrogen) atoms. The van der Waals surface area contributed by atoms with E-state index in [2.05, 4.69) is 0 Å². The fourth-order valence-electron chi connectivity index (χ4n) is 1.47. The molecule has 2 atom stereocenters. The topological polar surface area (TPSA) is 82.1 Å². The smallest absolute Gasteiger partial charge is 0.338 e. The van der Waals surface area contributed by atoms with Gasteiger partial charge in [0.2, 0.25) is 0 Å². The lowest BCUT2D eigenvalue weighted by Gasteiger charge is -2.10. The number of hydrogen-bond acceptors (Lipinski definition) is 5. The van der Waals surface area contributed by atoms with Gasteiger partial charge in [0.1, 0.15) is 6.61 Å². The second kappa shape index (κ2) is 5.61. The number of benzene rings is 1. The quantitative estimate of drug-likeness (QED) is 0.793. The number of ether oxygens (including phenoxy) is 3. The Bertz CT molecular complexity index is 429. The predicted molar refractivity (Wildman–Crippen MR) is 59.0 cm³/mol. The van der Waals surface area contributed by atoms with Crippen LogP contribution in [0.2, 0.25) is 0 Å². The first kappa shape index (κ1) is 12.5. The number of aliphatic carboxylic acids is 1. The average Bonchev–Trinajstić information content (AvgIpc) is 2.86. The molecule has 1 aliphatic heterocycles. The van der Waals surface area contributed by atoms with Gasteiger partial charge < -0.3 is 19.3 Å². The van der Waals surface area contributed by atoms with Gasteiger partial charge in [0.15, 0.2) is 12.4 Å². The van der Waals surface area contributed by atoms with E-state index in [0.717, 1.165) is 0 Å². The first-order chi connectivity index (χ1) is 8.66. The van der Waals surface area contributed by atoms with E-state index in [9.17, 15) is 9.59 Å². The van der Waals surface area contributed by atoms with Crippen molar-refractivity contribution < 1.29 is 28.9 Å². The maximum absolute atomic E-state index is 11.6. The first-order valence-electron chi connectivity index (χ1n) is 5.39. The minimum absolute atomic E-state index is 0.0388. The largest absolute Gasteiger partial charge is 0.479 e. The van der Waals surface area contributed by atoms with Crippen LogP contribution in [0.25, 0.3) is 0 Å². The summed E-state index contributed by atoms with van der Waals surface area (Å²) in [5.74, 6) is -1.59. The molecule has 0 radical (unpaired) electrons. The average molecular weight is 252 g/mol. The number of carbonyl (C=O) groups excluding carboxylic acids is 1. The fraction of sp³-hybridized carbons (Fsp3) is 0.333. The van der Waals surface area contributed by atoms with Gasteiger partial charge in [0.25, 0.3) is 0 Å². The van der Waals surface area contributed by atoms with E-state index in [-0.39, 0.29) is 13.2 Å². The summed E-state index contributed by atoms with van der Waals surface area (Å²) in [5.41, 5.74) is 0.422. The maximum Gasteiger partial charge on any atom is 0.338 e. The van der Waals surface area contributed by atoms with Crippen molar-refractivity contribution in [1.82, 2.24) is 0 Å². The molecule has 1 saturated heterocycles. The Balaban J connectivity index is 1.79. The highest BCUT2D eigenvalue weighted by molar-refractivity contribution is 5.89. The van der Waals surface area contributed by atoms with Crippen molar-refractivity contribution in [2.24, 2.45) is 0 Å². The van der Waals surface area contributed by atoms with Crippen LogP contribution in [0.3, 0.4) is 0 Å². The summed E-state index contributed by atoms with van der Waals surface area (Å²) in [4.78, 5) is 22.2. The Morgan fingerprint density at radius 1 is 1.33 bits per heavy atom. The molecule has 1 N–H and O–H groups in total. The Hall–Kier alpha value is -1.92. The van der Waals surface area contributed by atoms with E-state index in [4.69, 9.17) is 19.3 Å². The summed E-state index contributed by atoms with van der Waals surface area (Å²) in [7, 11) is 0. The summed E-state index contributed by atoms with van der Waals surface area (Å²) in [6.45, 7) is -0.166. The van der Waals surface area contributed by atoms with Crippen LogP contribution in [-0.4, -0.2) is 42.7 Å². The monoisotopic (exact) mass is 252 g/mol. The van der Waals surface area contributed by atoms with Crippen molar-refractivity contribution in [3.63, 3.8) is 0 Å². The van der Waals surface area contributed by atoms with Gasteiger partial charge in [-0.25, -0.2) is 9.59 Å². The third-order valence-electron chi connectivity index (χ3n) is 2.38. The number of rotatable bonds is 4. The van der Waals surface area contributed by atoms with Gasteiger partial charge in [-0.3, -0.25) is 0 Å². The molecule has 1 aromatic carbocycles. The molecule has 96 valence electrons. The third-order valence-corrected chi connectivity index (χ3v) is 2.38. The van der Waals surface area contributed by atoms with Crippen molar-refractivity contribution in [2.75, 3.05) is 13.2 Å². The molecule has 0 saturated carbocycles. The van der Waals surface area contributed by atoms with Crippen molar-refractivity contribution in [1.29, 1.82) is 0 Å². The van der Waals surface area contributed by atoms with Crippen LogP contribution in [0.4, 0.5) is 0 Å². The molecule has 1 unspecified atom stereocenters. The number of carboxylic acids is 1. The minimum Gasteiger partial charge on any atom is -0.479 e. The zero-order chi connectivity index (χ0) is 13.0. The number of esters is 1. The summed E-state index contributed by atoms with van der Waals surface area (Å²) < 4.78 is 15.0. The van der Waals surface area contributed by atoms with Crippen molar-refractivity contribution in [3.8, 4) is 0 Å². The molecule has 2 rings (SSSR count). The maximum atomic E-state index is 11.6. The minimum atomic E-state index is -1.09. The van der Waals surface area contributed by atoms with E-state index in [1.165, 1.54) is 0 Å². The Morgan fingerprint density at radius 2 is 2.06 bits per heavy atom. The molecule has 0 spiro atoms. The lowest BCUT2D eigenvalue weighted by molar-refractivity contribution is -0.152. The van der Waals surface area contributed by atoms with Crippen molar-refractivity contribution >= 4 is 11.9 Å². The number of carboxylic acid groups (broad SMARTS) is 1. The standard InChI is InChI=1S/C12H12O6/c13-11(14)9-6-16-10(18-9)7-17-12(15)8-4-2-1-3-5-8/h1-5,9-10H,6-7H2,(H,13,14)/t9-,10?/m1/s1. The van der Waals surface area contributed by atoms with Gasteiger partial charge in [-0.05, 0) is 12.1 Å². The van der Waals surface area contributed by atoms with Crippen LogP contribution in [0, 0.1) is 0 Å². The van der Waals surface area contributed by atoms with Gasteiger partial charge >= 0.3 is 11.9 Å². The molecule has 1 heterocycles. The normalized spacial score (nSPS) is 22.7. The van der Waals surface area contributed by atoms with E-state index < -0.39 is 24.3 Å². The van der Waals surface area contributed by atoms with Crippen molar-refractivity contribution in [2.45, 2.75) is 12.4 Å². The summed E-state index contributed by atoms with van der Waals surface area (Å²) in [6, 6.07) is 8.48. The summed E-state index contributed by atoms with van der Waals surface area (Å²) in [5, 5.41) is 8.67. The molecule has 1 fully saturated rings. The molecular weight excluding hydrogens is 240 g/mol. The molecule has 0 aromatic heterocycles. The molecule has 1 aliphatic rings. The molecular formula is C12H12O6. The molecule has 6 nitrogen and oxygen atoms in total. The molecule has 1 aromatic rings. The highest BCUT2D eigenvalue weighted by Gasteiger charge is 2.32. The molecule has 0 amide bonds. The first-order valence-corrected chi connectivity index (χ1v) is 5.39. The lowest BCUT2D eigenvalue weighted by atomic mass is 10.2. The summed E-state index contributed by atoms with van der Waals surface area (Å²) >= 11 is 0. The highest BCUT2D eigenvalue weighted by atomic mass is 16.7. The highest BCUT2D eigenvalue weighted by Crippen LogP contribution is 2.12. The predicted octanol–water partition coefficient (Wildman–Crippen LogP) is 0.669. The SMILES string of the molecule is O=C(OCC1OC[C@H](C(=O)O)O1)c1ccccc1. The molecule has 6 heteroatoms. The number of carbonyl (C=O) groups is 2. The zero-order valence-corrected chi connectivity index (χ0v) is 9.44. The van der Waals surface area contributed by atoms with E-state index >= 15 is 0 Å². The van der Waals surface area contributed by atoms with Gasteiger partial charge in [0, 0.05) is 0 Å². The van der Waals surface area contributed by atoms with Gasteiger partial charge in [-0.15, -0.1) is 0 Å². The number of hydrogen-bond donors (Lipinski definition) is 1. The van der Waals surface area contributed by atoms with Crippen molar-refractivity contribution in [3.05, 3.63) is 35.9 Å². The Morgan fingerprint density at radius 3 is 2.67 bits per heavy atom. The van der Waals surface area contributed by atoms with Crippen LogP contribution >= 0.6 is 0 Å². The van der Waals surface area contributed by atoms with Crippen LogP contribution < -0.4 is 0 Å². The fourth-order valence-corrected chi connectivity index (χ4v) is 1.47. The van der Waals surface area contributed by atoms with Crippen LogP contribution in [-0.2, 0) is 19.0 Å². The lowest BCUT2D eigenvalue weighted by Crippen LogP contribution is -2.25. The van der Waals surface area contributed by atoms with Crippen LogP contribution in [0.5, 0.6) is 0 Å². The second-order valence-electron chi connectivity index (χ2n) is 3.69. The third kappa shape index (κ3) is 3.06. The summed E-state index contributed by atoms with van der Waals surface area (Å²) in [6.07, 6.45) is -1.82. The molecule has 0 bridgehead atoms. The Labute approximate surface area is 103 Å². The van der Waals surface area contributed by atoms with E-state index in [1.807, 2.05) is 0 Å². The van der Waals surface area contributed by atoms with E-state index in [1.54, 1.807) is 30.3 Å². The van der Waals surface area contributed by atoms with E-state index in [0.29, 0.717) is 5.56 Å². The van der Waals surface area contributed by atoms with Gasteiger partial charge in [-0.2, -0.15) is 0 Å². The second-order valence-corrected chi connectivity index (χ2v) is 3.69. The van der Waals surface area contributed by atoms with Crippen LogP contribution in [0.15, 0.2) is 30.3 Å². The van der Waals surface area contributed by atoms with Gasteiger partial charge in [0.05, 0.1) is 12.2 Å². The van der Waals surface area contributed by atoms with Gasteiger partial charge in [-0.1, -0.05) is 18.2 Å². The molecule has 0 aliphatic carbocycles. The van der Waals surface area contributed by atoms with Crippen LogP contribution in [0.1, 0.15) is 10.4 Å². The Kier molecular flexibility index (Phi) is 3.91.